The summed E-state index contributed by atoms with van der Waals surface area (Å²) in [6, 6.07) is 19.7. The number of esters is 1. The predicted octanol–water partition coefficient (Wildman–Crippen LogP) is 5.42. The number of aliphatic imine (C=N–C) groups is 1. The number of benzene rings is 2. The molecule has 1 aliphatic rings. The van der Waals surface area contributed by atoms with Crippen LogP contribution >= 0.6 is 0 Å². The standard InChI is InChI=1S/C24H29NO2/c1-24(2,3)27-23(26)22(20-16-10-11-17-20)25-21(18-12-6-4-7-13-18)19-14-8-5-9-15-19/h4-9,12-15,20,22H,10-11,16-17H2,1-3H3/t22-/m0/s1. The molecule has 1 aliphatic carbocycles. The predicted molar refractivity (Wildman–Crippen MR) is 110 cm³/mol. The molecule has 0 N–H and O–H groups in total. The summed E-state index contributed by atoms with van der Waals surface area (Å²) in [4.78, 5) is 18.0. The van der Waals surface area contributed by atoms with Crippen molar-refractivity contribution in [2.75, 3.05) is 0 Å². The van der Waals surface area contributed by atoms with Crippen LogP contribution in [0, 0.1) is 5.92 Å². The van der Waals surface area contributed by atoms with Crippen LogP contribution in [0.2, 0.25) is 0 Å². The lowest BCUT2D eigenvalue weighted by atomic mass is 9.96. The molecule has 2 aromatic rings. The van der Waals surface area contributed by atoms with Crippen molar-refractivity contribution in [2.45, 2.75) is 58.1 Å². The average Bonchev–Trinajstić information content (AvgIpc) is 3.17. The Labute approximate surface area is 162 Å². The van der Waals surface area contributed by atoms with Crippen molar-refractivity contribution in [3.8, 4) is 0 Å². The van der Waals surface area contributed by atoms with E-state index in [0.29, 0.717) is 0 Å². The van der Waals surface area contributed by atoms with Gasteiger partial charge in [0.25, 0.3) is 0 Å². The van der Waals surface area contributed by atoms with E-state index in [1.165, 1.54) is 0 Å². The van der Waals surface area contributed by atoms with E-state index in [2.05, 4.69) is 0 Å². The molecule has 1 saturated carbocycles. The van der Waals surface area contributed by atoms with Crippen molar-refractivity contribution >= 4 is 11.7 Å². The Bertz CT molecular complexity index is 728. The molecule has 0 spiro atoms. The first-order valence-electron chi connectivity index (χ1n) is 9.85. The number of carbonyl (C=O) groups is 1. The molecule has 0 radical (unpaired) electrons. The van der Waals surface area contributed by atoms with Gasteiger partial charge in [0.1, 0.15) is 5.60 Å². The van der Waals surface area contributed by atoms with E-state index < -0.39 is 11.6 Å². The van der Waals surface area contributed by atoms with E-state index >= 15 is 0 Å². The van der Waals surface area contributed by atoms with Crippen LogP contribution in [-0.4, -0.2) is 23.3 Å². The minimum Gasteiger partial charge on any atom is -0.458 e. The summed E-state index contributed by atoms with van der Waals surface area (Å²) >= 11 is 0. The molecule has 0 aliphatic heterocycles. The van der Waals surface area contributed by atoms with Crippen LogP contribution in [0.15, 0.2) is 65.7 Å². The Morgan fingerprint density at radius 2 is 1.41 bits per heavy atom. The fourth-order valence-corrected chi connectivity index (χ4v) is 3.63. The van der Waals surface area contributed by atoms with E-state index in [9.17, 15) is 4.79 Å². The van der Waals surface area contributed by atoms with Gasteiger partial charge in [-0.2, -0.15) is 0 Å². The minimum absolute atomic E-state index is 0.209. The summed E-state index contributed by atoms with van der Waals surface area (Å²) in [6.07, 6.45) is 4.38. The molecule has 0 amide bonds. The van der Waals surface area contributed by atoms with Gasteiger partial charge in [0.05, 0.1) is 5.71 Å². The second-order valence-corrected chi connectivity index (χ2v) is 8.23. The molecule has 0 saturated heterocycles. The lowest BCUT2D eigenvalue weighted by molar-refractivity contribution is -0.157. The average molecular weight is 364 g/mol. The molecule has 0 heterocycles. The smallest absolute Gasteiger partial charge is 0.331 e. The van der Waals surface area contributed by atoms with Gasteiger partial charge < -0.3 is 4.74 Å². The minimum atomic E-state index is -0.511. The summed E-state index contributed by atoms with van der Waals surface area (Å²) in [5.74, 6) is 0.0426. The van der Waals surface area contributed by atoms with Crippen LogP contribution in [0.1, 0.15) is 57.6 Å². The summed E-state index contributed by atoms with van der Waals surface area (Å²) in [5.41, 5.74) is 2.40. The molecule has 3 nitrogen and oxygen atoms in total. The van der Waals surface area contributed by atoms with Gasteiger partial charge in [0.15, 0.2) is 6.04 Å². The number of hydrogen-bond donors (Lipinski definition) is 0. The first kappa shape index (κ1) is 19.3. The summed E-state index contributed by atoms with van der Waals surface area (Å²) in [7, 11) is 0. The van der Waals surface area contributed by atoms with Crippen LogP contribution in [0.25, 0.3) is 0 Å². The van der Waals surface area contributed by atoms with E-state index in [-0.39, 0.29) is 11.9 Å². The van der Waals surface area contributed by atoms with Crippen molar-refractivity contribution in [3.05, 3.63) is 71.8 Å². The highest BCUT2D eigenvalue weighted by molar-refractivity contribution is 6.13. The van der Waals surface area contributed by atoms with Crippen LogP contribution in [0.4, 0.5) is 0 Å². The van der Waals surface area contributed by atoms with E-state index in [1.807, 2.05) is 81.4 Å². The molecule has 27 heavy (non-hydrogen) atoms. The van der Waals surface area contributed by atoms with Gasteiger partial charge >= 0.3 is 5.97 Å². The fraction of sp³-hybridized carbons (Fsp3) is 0.417. The molecular formula is C24H29NO2. The van der Waals surface area contributed by atoms with Gasteiger partial charge in [-0.05, 0) is 39.5 Å². The monoisotopic (exact) mass is 363 g/mol. The number of rotatable bonds is 5. The maximum Gasteiger partial charge on any atom is 0.331 e. The zero-order chi connectivity index (χ0) is 19.3. The second-order valence-electron chi connectivity index (χ2n) is 8.23. The van der Waals surface area contributed by atoms with Crippen LogP contribution in [0.5, 0.6) is 0 Å². The van der Waals surface area contributed by atoms with E-state index in [1.54, 1.807) is 0 Å². The molecule has 0 aromatic heterocycles. The molecule has 1 fully saturated rings. The maximum atomic E-state index is 13.0. The third kappa shape index (κ3) is 5.29. The van der Waals surface area contributed by atoms with Gasteiger partial charge in [-0.15, -0.1) is 0 Å². The molecule has 2 aromatic carbocycles. The Morgan fingerprint density at radius 1 is 0.926 bits per heavy atom. The Kier molecular flexibility index (Phi) is 6.10. The Morgan fingerprint density at radius 3 is 1.85 bits per heavy atom. The van der Waals surface area contributed by atoms with Gasteiger partial charge in [-0.1, -0.05) is 73.5 Å². The summed E-state index contributed by atoms with van der Waals surface area (Å²) < 4.78 is 5.74. The third-order valence-electron chi connectivity index (χ3n) is 4.86. The SMILES string of the molecule is CC(C)(C)OC(=O)[C@@H](N=C(c1ccccc1)c1ccccc1)C1CCCC1. The van der Waals surface area contributed by atoms with Crippen LogP contribution in [0.3, 0.4) is 0 Å². The van der Waals surface area contributed by atoms with Crippen molar-refractivity contribution in [1.82, 2.24) is 0 Å². The second kappa shape index (κ2) is 8.51. The lowest BCUT2D eigenvalue weighted by Crippen LogP contribution is -2.35. The van der Waals surface area contributed by atoms with E-state index in [0.717, 1.165) is 42.5 Å². The molecule has 3 rings (SSSR count). The number of hydrogen-bond acceptors (Lipinski definition) is 3. The normalized spacial score (nSPS) is 16.0. The molecule has 142 valence electrons. The van der Waals surface area contributed by atoms with Crippen molar-refractivity contribution in [1.29, 1.82) is 0 Å². The topological polar surface area (TPSA) is 38.7 Å². The number of ether oxygens (including phenoxy) is 1. The third-order valence-corrected chi connectivity index (χ3v) is 4.86. The highest BCUT2D eigenvalue weighted by atomic mass is 16.6. The molecule has 1 atom stereocenters. The number of nitrogens with zero attached hydrogens (tertiary/aromatic N) is 1. The zero-order valence-corrected chi connectivity index (χ0v) is 16.5. The van der Waals surface area contributed by atoms with Crippen LogP contribution in [-0.2, 0) is 9.53 Å². The number of carbonyl (C=O) groups excluding carboxylic acids is 1. The van der Waals surface area contributed by atoms with Gasteiger partial charge in [0.2, 0.25) is 0 Å². The molecule has 3 heteroatoms. The molecular weight excluding hydrogens is 334 g/mol. The quantitative estimate of drug-likeness (QED) is 0.525. The highest BCUT2D eigenvalue weighted by Gasteiger charge is 2.34. The maximum absolute atomic E-state index is 13.0. The summed E-state index contributed by atoms with van der Waals surface area (Å²) in [6.45, 7) is 5.74. The lowest BCUT2D eigenvalue weighted by Gasteiger charge is -2.26. The fourth-order valence-electron chi connectivity index (χ4n) is 3.63. The molecule has 0 unspecified atom stereocenters. The summed E-state index contributed by atoms with van der Waals surface area (Å²) in [5, 5.41) is 0. The van der Waals surface area contributed by atoms with Crippen molar-refractivity contribution in [3.63, 3.8) is 0 Å². The van der Waals surface area contributed by atoms with Crippen molar-refractivity contribution < 1.29 is 9.53 Å². The van der Waals surface area contributed by atoms with E-state index in [4.69, 9.17) is 9.73 Å². The first-order valence-corrected chi connectivity index (χ1v) is 9.85. The van der Waals surface area contributed by atoms with Gasteiger partial charge in [-0.25, -0.2) is 4.79 Å². The highest BCUT2D eigenvalue weighted by Crippen LogP contribution is 2.31. The van der Waals surface area contributed by atoms with Crippen LogP contribution < -0.4 is 0 Å². The molecule has 0 bridgehead atoms. The Hall–Kier alpha value is -2.42. The van der Waals surface area contributed by atoms with Gasteiger partial charge in [0, 0.05) is 11.1 Å². The Balaban J connectivity index is 2.03. The van der Waals surface area contributed by atoms with Crippen molar-refractivity contribution in [2.24, 2.45) is 10.9 Å². The van der Waals surface area contributed by atoms with Gasteiger partial charge in [-0.3, -0.25) is 4.99 Å². The largest absolute Gasteiger partial charge is 0.458 e. The zero-order valence-electron chi connectivity index (χ0n) is 16.5. The first-order chi connectivity index (χ1) is 12.9.